The Labute approximate surface area is 104 Å². The lowest BCUT2D eigenvalue weighted by atomic mass is 10.1. The van der Waals surface area contributed by atoms with Crippen LogP contribution in [0.25, 0.3) is 0 Å². The van der Waals surface area contributed by atoms with Crippen molar-refractivity contribution in [2.24, 2.45) is 5.92 Å². The Hall–Kier alpha value is -1.57. The molecule has 0 saturated heterocycles. The van der Waals surface area contributed by atoms with Gasteiger partial charge in [-0.1, -0.05) is 38.1 Å². The van der Waals surface area contributed by atoms with E-state index in [4.69, 9.17) is 0 Å². The molecule has 0 fully saturated rings. The molecule has 2 nitrogen and oxygen atoms in total. The van der Waals surface area contributed by atoms with Crippen LogP contribution >= 0.6 is 0 Å². The largest absolute Gasteiger partial charge is 0.308 e. The number of aryl methyl sites for hydroxylation is 2. The molecule has 0 unspecified atom stereocenters. The fraction of sp³-hybridized carbons (Fsp3) is 0.400. The lowest BCUT2D eigenvalue weighted by molar-refractivity contribution is -0.114. The summed E-state index contributed by atoms with van der Waals surface area (Å²) in [7, 11) is 0. The number of amides is 1. The normalized spacial score (nSPS) is 10.4. The fourth-order valence-electron chi connectivity index (χ4n) is 1.89. The minimum absolute atomic E-state index is 0.0364. The molecule has 0 N–H and O–H groups in total. The fourth-order valence-corrected chi connectivity index (χ4v) is 1.89. The molecule has 0 aliphatic heterocycles. The van der Waals surface area contributed by atoms with Crippen molar-refractivity contribution in [2.45, 2.75) is 27.7 Å². The van der Waals surface area contributed by atoms with Crippen LogP contribution in [-0.4, -0.2) is 12.5 Å². The van der Waals surface area contributed by atoms with Gasteiger partial charge < -0.3 is 4.90 Å². The Morgan fingerprint density at radius 3 is 2.53 bits per heavy atom. The highest BCUT2D eigenvalue weighted by molar-refractivity contribution is 6.01. The van der Waals surface area contributed by atoms with Crippen molar-refractivity contribution in [3.05, 3.63) is 42.0 Å². The number of benzene rings is 1. The molecule has 0 heterocycles. The first-order valence-electron chi connectivity index (χ1n) is 5.97. The Balaban J connectivity index is 3.12. The topological polar surface area (TPSA) is 20.3 Å². The molecule has 0 saturated carbocycles. The van der Waals surface area contributed by atoms with Crippen LogP contribution in [0.4, 0.5) is 5.69 Å². The smallest absolute Gasteiger partial charge is 0.250 e. The van der Waals surface area contributed by atoms with Gasteiger partial charge in [0.2, 0.25) is 5.91 Å². The van der Waals surface area contributed by atoms with Crippen LogP contribution in [0, 0.1) is 19.8 Å². The Kier molecular flexibility index (Phi) is 4.50. The number of hydrogen-bond donors (Lipinski definition) is 0. The molecular formula is C15H21NO. The first kappa shape index (κ1) is 13.5. The predicted octanol–water partition coefficient (Wildman–Crippen LogP) is 3.48. The van der Waals surface area contributed by atoms with Crippen molar-refractivity contribution in [2.75, 3.05) is 11.4 Å². The van der Waals surface area contributed by atoms with Crippen molar-refractivity contribution in [1.82, 2.24) is 0 Å². The average molecular weight is 231 g/mol. The highest BCUT2D eigenvalue weighted by atomic mass is 16.2. The van der Waals surface area contributed by atoms with Gasteiger partial charge >= 0.3 is 0 Å². The Bertz CT molecular complexity index is 421. The van der Waals surface area contributed by atoms with Crippen LogP contribution in [0.1, 0.15) is 25.0 Å². The SMILES string of the molecule is C=CC(=O)N(CC(C)C)c1ccc(C)cc1C. The molecule has 2 heteroatoms. The molecule has 1 aromatic carbocycles. The van der Waals surface area contributed by atoms with Crippen LogP contribution in [0.5, 0.6) is 0 Å². The summed E-state index contributed by atoms with van der Waals surface area (Å²) in [5.41, 5.74) is 3.32. The summed E-state index contributed by atoms with van der Waals surface area (Å²) in [4.78, 5) is 13.7. The number of anilines is 1. The van der Waals surface area contributed by atoms with Crippen molar-refractivity contribution in [3.8, 4) is 0 Å². The number of carbonyl (C=O) groups is 1. The molecule has 1 amide bonds. The van der Waals surface area contributed by atoms with Crippen LogP contribution in [0.2, 0.25) is 0 Å². The van der Waals surface area contributed by atoms with Gasteiger partial charge in [0.25, 0.3) is 0 Å². The highest BCUT2D eigenvalue weighted by Crippen LogP contribution is 2.22. The molecule has 92 valence electrons. The summed E-state index contributed by atoms with van der Waals surface area (Å²) < 4.78 is 0. The van der Waals surface area contributed by atoms with Crippen molar-refractivity contribution < 1.29 is 4.79 Å². The van der Waals surface area contributed by atoms with Gasteiger partial charge in [-0.2, -0.15) is 0 Å². The van der Waals surface area contributed by atoms with E-state index in [1.165, 1.54) is 11.6 Å². The van der Waals surface area contributed by atoms with E-state index in [1.807, 2.05) is 19.1 Å². The number of carbonyl (C=O) groups excluding carboxylic acids is 1. The maximum Gasteiger partial charge on any atom is 0.250 e. The first-order chi connectivity index (χ1) is 7.95. The number of nitrogens with zero attached hydrogens (tertiary/aromatic N) is 1. The molecule has 0 spiro atoms. The summed E-state index contributed by atoms with van der Waals surface area (Å²) in [6, 6.07) is 6.14. The van der Waals surface area contributed by atoms with Crippen LogP contribution in [0.3, 0.4) is 0 Å². The lowest BCUT2D eigenvalue weighted by Crippen LogP contribution is -2.33. The first-order valence-corrected chi connectivity index (χ1v) is 5.97. The summed E-state index contributed by atoms with van der Waals surface area (Å²) >= 11 is 0. The summed E-state index contributed by atoms with van der Waals surface area (Å²) in [5, 5.41) is 0. The lowest BCUT2D eigenvalue weighted by Gasteiger charge is -2.25. The molecule has 0 radical (unpaired) electrons. The van der Waals surface area contributed by atoms with E-state index < -0.39 is 0 Å². The second-order valence-corrected chi connectivity index (χ2v) is 4.84. The van der Waals surface area contributed by atoms with Gasteiger partial charge in [-0.05, 0) is 37.5 Å². The minimum atomic E-state index is -0.0364. The van der Waals surface area contributed by atoms with E-state index >= 15 is 0 Å². The van der Waals surface area contributed by atoms with Crippen molar-refractivity contribution in [3.63, 3.8) is 0 Å². The highest BCUT2D eigenvalue weighted by Gasteiger charge is 2.16. The van der Waals surface area contributed by atoms with E-state index in [2.05, 4.69) is 33.4 Å². The van der Waals surface area contributed by atoms with E-state index in [-0.39, 0.29) is 5.91 Å². The Morgan fingerprint density at radius 1 is 1.41 bits per heavy atom. The standard InChI is InChI=1S/C15H21NO/c1-6-15(17)16(10-11(2)3)14-8-7-12(4)9-13(14)5/h6-9,11H,1,10H2,2-5H3. The zero-order valence-corrected chi connectivity index (χ0v) is 11.2. The molecular weight excluding hydrogens is 210 g/mol. The average Bonchev–Trinajstić information content (AvgIpc) is 2.25. The second kappa shape index (κ2) is 5.67. The molecule has 17 heavy (non-hydrogen) atoms. The molecule has 1 aromatic rings. The zero-order valence-electron chi connectivity index (χ0n) is 11.2. The van der Waals surface area contributed by atoms with Gasteiger partial charge in [-0.25, -0.2) is 0 Å². The van der Waals surface area contributed by atoms with E-state index in [9.17, 15) is 4.79 Å². The second-order valence-electron chi connectivity index (χ2n) is 4.84. The molecule has 0 bridgehead atoms. The van der Waals surface area contributed by atoms with Gasteiger partial charge in [0.05, 0.1) is 0 Å². The number of rotatable bonds is 4. The molecule has 0 aliphatic carbocycles. The molecule has 1 rings (SSSR count). The van der Waals surface area contributed by atoms with Gasteiger partial charge in [-0.15, -0.1) is 0 Å². The van der Waals surface area contributed by atoms with Crippen molar-refractivity contribution in [1.29, 1.82) is 0 Å². The predicted molar refractivity (Wildman–Crippen MR) is 73.3 cm³/mol. The van der Waals surface area contributed by atoms with E-state index in [0.717, 1.165) is 17.8 Å². The van der Waals surface area contributed by atoms with Crippen LogP contribution in [-0.2, 0) is 4.79 Å². The number of hydrogen-bond acceptors (Lipinski definition) is 1. The zero-order chi connectivity index (χ0) is 13.0. The van der Waals surface area contributed by atoms with E-state index in [0.29, 0.717) is 5.92 Å². The molecule has 0 aliphatic rings. The Morgan fingerprint density at radius 2 is 2.06 bits per heavy atom. The van der Waals surface area contributed by atoms with Gasteiger partial charge in [0.1, 0.15) is 0 Å². The summed E-state index contributed by atoms with van der Waals surface area (Å²) in [5.74, 6) is 0.394. The third-order valence-electron chi connectivity index (χ3n) is 2.63. The molecule has 0 aromatic heterocycles. The van der Waals surface area contributed by atoms with Gasteiger partial charge in [0.15, 0.2) is 0 Å². The monoisotopic (exact) mass is 231 g/mol. The third kappa shape index (κ3) is 3.45. The van der Waals surface area contributed by atoms with Gasteiger partial charge in [-0.3, -0.25) is 4.79 Å². The van der Waals surface area contributed by atoms with E-state index in [1.54, 1.807) is 4.90 Å². The molecule has 0 atom stereocenters. The quantitative estimate of drug-likeness (QED) is 0.726. The maximum atomic E-state index is 11.9. The minimum Gasteiger partial charge on any atom is -0.308 e. The van der Waals surface area contributed by atoms with Crippen molar-refractivity contribution >= 4 is 11.6 Å². The van der Waals surface area contributed by atoms with Crippen LogP contribution < -0.4 is 4.90 Å². The maximum absolute atomic E-state index is 11.9. The van der Waals surface area contributed by atoms with Crippen LogP contribution in [0.15, 0.2) is 30.9 Å². The van der Waals surface area contributed by atoms with Gasteiger partial charge in [0, 0.05) is 12.2 Å². The summed E-state index contributed by atoms with van der Waals surface area (Å²) in [6.07, 6.45) is 1.38. The third-order valence-corrected chi connectivity index (χ3v) is 2.63. The summed E-state index contributed by atoms with van der Waals surface area (Å²) in [6.45, 7) is 12.6.